The molecule has 28 heavy (non-hydrogen) atoms. The Bertz CT molecular complexity index is 872. The van der Waals surface area contributed by atoms with Crippen molar-refractivity contribution in [3.8, 4) is 0 Å². The molecule has 2 saturated heterocycles. The van der Waals surface area contributed by atoms with Crippen molar-refractivity contribution in [2.45, 2.75) is 31.4 Å². The summed E-state index contributed by atoms with van der Waals surface area (Å²) < 4.78 is 0. The van der Waals surface area contributed by atoms with Gasteiger partial charge in [-0.25, -0.2) is 4.98 Å². The number of nitrogens with one attached hydrogen (secondary N) is 2. The number of fused-ring (bicyclic) bond motifs is 1. The van der Waals surface area contributed by atoms with Crippen LogP contribution in [0.4, 0.5) is 0 Å². The molecule has 8 heteroatoms. The number of halogens is 1. The Balaban J connectivity index is 0.00000225. The van der Waals surface area contributed by atoms with Crippen LogP contribution in [0.3, 0.4) is 0 Å². The summed E-state index contributed by atoms with van der Waals surface area (Å²) in [6.07, 6.45) is 4.05. The van der Waals surface area contributed by atoms with Crippen molar-refractivity contribution in [1.29, 1.82) is 0 Å². The number of H-pyrrole nitrogens is 1. The van der Waals surface area contributed by atoms with Crippen molar-refractivity contribution in [2.24, 2.45) is 5.41 Å². The lowest BCUT2D eigenvalue weighted by molar-refractivity contribution is -0.132. The number of carbonyl (C=O) groups excluding carboxylic acids is 1. The second kappa shape index (κ2) is 9.29. The first-order chi connectivity index (χ1) is 13.2. The maximum atomic E-state index is 12.5. The molecular weight excluding hydrogens is 396 g/mol. The van der Waals surface area contributed by atoms with Crippen LogP contribution in [0.5, 0.6) is 0 Å². The molecular formula is C20H27ClN4O2S. The molecule has 1 aromatic carbocycles. The minimum atomic E-state index is -0.101. The van der Waals surface area contributed by atoms with Gasteiger partial charge in [0, 0.05) is 31.8 Å². The third-order valence-corrected chi connectivity index (χ3v) is 6.84. The maximum absolute atomic E-state index is 12.5. The largest absolute Gasteiger partial charge is 0.343 e. The van der Waals surface area contributed by atoms with E-state index in [1.54, 1.807) is 17.8 Å². The summed E-state index contributed by atoms with van der Waals surface area (Å²) in [4.78, 5) is 33.9. The molecule has 0 aliphatic carbocycles. The Morgan fingerprint density at radius 2 is 2.00 bits per heavy atom. The van der Waals surface area contributed by atoms with Gasteiger partial charge in [-0.3, -0.25) is 9.59 Å². The number of piperidine rings is 1. The number of carbonyl (C=O) groups is 1. The smallest absolute Gasteiger partial charge is 0.258 e. The van der Waals surface area contributed by atoms with E-state index >= 15 is 0 Å². The van der Waals surface area contributed by atoms with E-state index in [1.165, 1.54) is 6.42 Å². The van der Waals surface area contributed by atoms with E-state index in [0.717, 1.165) is 50.3 Å². The molecule has 152 valence electrons. The summed E-state index contributed by atoms with van der Waals surface area (Å²) in [5.41, 5.74) is 1.06. The topological polar surface area (TPSA) is 78.1 Å². The first-order valence-electron chi connectivity index (χ1n) is 9.69. The normalized spacial score (nSPS) is 18.4. The Morgan fingerprint density at radius 1 is 1.21 bits per heavy atom. The SMILES string of the molecule is Cl.O=C(CCSCc1nc2ccccc2c(=O)[nH]1)N1CCC2(CCNC2)CC1. The average Bonchev–Trinajstić information content (AvgIpc) is 3.14. The molecule has 0 bridgehead atoms. The Kier molecular flexibility index (Phi) is 7.01. The van der Waals surface area contributed by atoms with Gasteiger partial charge in [0.25, 0.3) is 5.56 Å². The lowest BCUT2D eigenvalue weighted by atomic mass is 9.78. The molecule has 6 nitrogen and oxygen atoms in total. The summed E-state index contributed by atoms with van der Waals surface area (Å²) in [6.45, 7) is 4.02. The number of amides is 1. The van der Waals surface area contributed by atoms with Crippen molar-refractivity contribution < 1.29 is 4.79 Å². The zero-order chi connectivity index (χ0) is 18.7. The number of likely N-dealkylation sites (tertiary alicyclic amines) is 1. The number of rotatable bonds is 5. The van der Waals surface area contributed by atoms with Gasteiger partial charge in [-0.1, -0.05) is 12.1 Å². The van der Waals surface area contributed by atoms with Crippen LogP contribution in [-0.4, -0.2) is 52.7 Å². The Labute approximate surface area is 175 Å². The fourth-order valence-electron chi connectivity index (χ4n) is 4.14. The van der Waals surface area contributed by atoms with Crippen LogP contribution in [0, 0.1) is 5.41 Å². The highest BCUT2D eigenvalue weighted by atomic mass is 35.5. The van der Waals surface area contributed by atoms with Gasteiger partial charge in [-0.15, -0.1) is 12.4 Å². The van der Waals surface area contributed by atoms with Gasteiger partial charge in [0.15, 0.2) is 0 Å². The molecule has 2 aromatic rings. The fourth-order valence-corrected chi connectivity index (χ4v) is 4.94. The maximum Gasteiger partial charge on any atom is 0.258 e. The molecule has 0 unspecified atom stereocenters. The number of nitrogens with zero attached hydrogens (tertiary/aromatic N) is 2. The molecule has 2 fully saturated rings. The third-order valence-electron chi connectivity index (χ3n) is 5.87. The van der Waals surface area contributed by atoms with Crippen molar-refractivity contribution in [3.63, 3.8) is 0 Å². The Hall–Kier alpha value is -1.57. The quantitative estimate of drug-likeness (QED) is 0.724. The van der Waals surface area contributed by atoms with E-state index in [2.05, 4.69) is 15.3 Å². The van der Waals surface area contributed by atoms with Gasteiger partial charge in [-0.2, -0.15) is 11.8 Å². The molecule has 2 aliphatic rings. The number of benzene rings is 1. The predicted octanol–water partition coefficient (Wildman–Crippen LogP) is 2.57. The molecule has 1 aromatic heterocycles. The zero-order valence-corrected chi connectivity index (χ0v) is 17.5. The van der Waals surface area contributed by atoms with E-state index in [1.807, 2.05) is 23.1 Å². The zero-order valence-electron chi connectivity index (χ0n) is 15.9. The molecule has 0 saturated carbocycles. The van der Waals surface area contributed by atoms with Gasteiger partial charge >= 0.3 is 0 Å². The summed E-state index contributed by atoms with van der Waals surface area (Å²) in [5, 5.41) is 4.07. The molecule has 3 heterocycles. The van der Waals surface area contributed by atoms with Crippen LogP contribution in [-0.2, 0) is 10.5 Å². The van der Waals surface area contributed by atoms with Gasteiger partial charge < -0.3 is 15.2 Å². The van der Waals surface area contributed by atoms with Gasteiger partial charge in [0.05, 0.1) is 16.7 Å². The van der Waals surface area contributed by atoms with Gasteiger partial charge in [0.2, 0.25) is 5.91 Å². The van der Waals surface area contributed by atoms with E-state index in [4.69, 9.17) is 0 Å². The minimum Gasteiger partial charge on any atom is -0.343 e. The number of aromatic nitrogens is 2. The number of para-hydroxylation sites is 1. The third kappa shape index (κ3) is 4.70. The number of hydrogen-bond donors (Lipinski definition) is 2. The van der Waals surface area contributed by atoms with Crippen LogP contribution in [0.25, 0.3) is 10.9 Å². The number of hydrogen-bond acceptors (Lipinski definition) is 5. The first kappa shape index (κ1) is 21.1. The van der Waals surface area contributed by atoms with Crippen LogP contribution >= 0.6 is 24.2 Å². The molecule has 2 N–H and O–H groups in total. The van der Waals surface area contributed by atoms with Crippen LogP contribution < -0.4 is 10.9 Å². The van der Waals surface area contributed by atoms with Crippen molar-refractivity contribution >= 4 is 41.0 Å². The van der Waals surface area contributed by atoms with Gasteiger partial charge in [-0.05, 0) is 43.4 Å². The van der Waals surface area contributed by atoms with E-state index in [9.17, 15) is 9.59 Å². The summed E-state index contributed by atoms with van der Waals surface area (Å²) in [5.74, 6) is 2.29. The lowest BCUT2D eigenvalue weighted by Crippen LogP contribution is -2.44. The molecule has 1 spiro atoms. The number of thioether (sulfide) groups is 1. The van der Waals surface area contributed by atoms with Crippen molar-refractivity contribution in [1.82, 2.24) is 20.2 Å². The second-order valence-corrected chi connectivity index (χ2v) is 8.75. The molecule has 0 atom stereocenters. The molecule has 4 rings (SSSR count). The standard InChI is InChI=1S/C20H26N4O2S.ClH/c25-18(24-10-7-20(8-11-24)6-9-21-14-20)5-12-27-13-17-22-16-4-2-1-3-15(16)19(26)23-17;/h1-4,21H,5-14H2,(H,22,23,26);1H. The lowest BCUT2D eigenvalue weighted by Gasteiger charge is -2.39. The van der Waals surface area contributed by atoms with Gasteiger partial charge in [0.1, 0.15) is 5.82 Å². The molecule has 1 amide bonds. The second-order valence-electron chi connectivity index (χ2n) is 7.64. The predicted molar refractivity (Wildman–Crippen MR) is 116 cm³/mol. The fraction of sp³-hybridized carbons (Fsp3) is 0.550. The van der Waals surface area contributed by atoms with Crippen LogP contribution in [0.1, 0.15) is 31.5 Å². The molecule has 2 aliphatic heterocycles. The van der Waals surface area contributed by atoms with E-state index < -0.39 is 0 Å². The molecule has 0 radical (unpaired) electrons. The van der Waals surface area contributed by atoms with Crippen LogP contribution in [0.2, 0.25) is 0 Å². The summed E-state index contributed by atoms with van der Waals surface area (Å²) in [7, 11) is 0. The van der Waals surface area contributed by atoms with E-state index in [-0.39, 0.29) is 23.9 Å². The highest BCUT2D eigenvalue weighted by Gasteiger charge is 2.37. The highest BCUT2D eigenvalue weighted by molar-refractivity contribution is 7.98. The first-order valence-corrected chi connectivity index (χ1v) is 10.8. The highest BCUT2D eigenvalue weighted by Crippen LogP contribution is 2.37. The summed E-state index contributed by atoms with van der Waals surface area (Å²) >= 11 is 1.64. The van der Waals surface area contributed by atoms with Crippen molar-refractivity contribution in [3.05, 3.63) is 40.4 Å². The summed E-state index contributed by atoms with van der Waals surface area (Å²) in [6, 6.07) is 7.35. The van der Waals surface area contributed by atoms with E-state index in [0.29, 0.717) is 28.8 Å². The number of aromatic amines is 1. The Morgan fingerprint density at radius 3 is 2.75 bits per heavy atom. The van der Waals surface area contributed by atoms with Crippen molar-refractivity contribution in [2.75, 3.05) is 31.9 Å². The minimum absolute atomic E-state index is 0. The van der Waals surface area contributed by atoms with Crippen LogP contribution in [0.15, 0.2) is 29.1 Å². The average molecular weight is 423 g/mol. The monoisotopic (exact) mass is 422 g/mol.